The summed E-state index contributed by atoms with van der Waals surface area (Å²) in [6.45, 7) is 3.23. The lowest BCUT2D eigenvalue weighted by Gasteiger charge is -2.36. The summed E-state index contributed by atoms with van der Waals surface area (Å²) in [4.78, 5) is 16.2. The first kappa shape index (κ1) is 14.0. The standard InChI is InChI=1S/C15H23N3O/c1-12-9-13(5-8-17-12)14(19)18-11-15(10-16)6-3-2-4-7-15/h5,8-9H,2-4,6-7,10-11,16H2,1H3,(H,18,19). The van der Waals surface area contributed by atoms with Crippen molar-refractivity contribution >= 4 is 5.91 Å². The van der Waals surface area contributed by atoms with Crippen molar-refractivity contribution in [2.75, 3.05) is 13.1 Å². The predicted octanol–water partition coefficient (Wildman–Crippen LogP) is 2.03. The van der Waals surface area contributed by atoms with Crippen LogP contribution in [0.2, 0.25) is 0 Å². The Labute approximate surface area is 114 Å². The van der Waals surface area contributed by atoms with Crippen molar-refractivity contribution < 1.29 is 4.79 Å². The molecule has 1 aromatic rings. The van der Waals surface area contributed by atoms with Crippen LogP contribution < -0.4 is 11.1 Å². The molecule has 0 atom stereocenters. The van der Waals surface area contributed by atoms with Crippen LogP contribution >= 0.6 is 0 Å². The fourth-order valence-electron chi connectivity index (χ4n) is 2.81. The van der Waals surface area contributed by atoms with Crippen LogP contribution in [0.4, 0.5) is 0 Å². The van der Waals surface area contributed by atoms with E-state index >= 15 is 0 Å². The van der Waals surface area contributed by atoms with Gasteiger partial charge in [0, 0.05) is 24.0 Å². The lowest BCUT2D eigenvalue weighted by molar-refractivity contribution is 0.0914. The second-order valence-electron chi connectivity index (χ2n) is 5.63. The third-order valence-electron chi connectivity index (χ3n) is 4.13. The van der Waals surface area contributed by atoms with Crippen LogP contribution in [0.1, 0.15) is 48.2 Å². The summed E-state index contributed by atoms with van der Waals surface area (Å²) < 4.78 is 0. The topological polar surface area (TPSA) is 68.0 Å². The van der Waals surface area contributed by atoms with Gasteiger partial charge in [-0.05, 0) is 43.9 Å². The summed E-state index contributed by atoms with van der Waals surface area (Å²) in [7, 11) is 0. The van der Waals surface area contributed by atoms with Gasteiger partial charge in [0.1, 0.15) is 0 Å². The number of nitrogens with two attached hydrogens (primary N) is 1. The lowest BCUT2D eigenvalue weighted by Crippen LogP contribution is -2.43. The van der Waals surface area contributed by atoms with Crippen LogP contribution in [-0.4, -0.2) is 24.0 Å². The summed E-state index contributed by atoms with van der Waals surface area (Å²) in [5, 5.41) is 3.04. The maximum absolute atomic E-state index is 12.1. The predicted molar refractivity (Wildman–Crippen MR) is 75.9 cm³/mol. The van der Waals surface area contributed by atoms with E-state index in [1.165, 1.54) is 19.3 Å². The second-order valence-corrected chi connectivity index (χ2v) is 5.63. The van der Waals surface area contributed by atoms with Gasteiger partial charge in [-0.25, -0.2) is 0 Å². The Balaban J connectivity index is 1.95. The fraction of sp³-hybridized carbons (Fsp3) is 0.600. The van der Waals surface area contributed by atoms with Gasteiger partial charge < -0.3 is 11.1 Å². The molecule has 4 heteroatoms. The van der Waals surface area contributed by atoms with E-state index in [4.69, 9.17) is 5.73 Å². The first-order valence-corrected chi connectivity index (χ1v) is 7.06. The second kappa shape index (κ2) is 6.15. The summed E-state index contributed by atoms with van der Waals surface area (Å²) in [6.07, 6.45) is 7.66. The van der Waals surface area contributed by atoms with Gasteiger partial charge in [0.2, 0.25) is 0 Å². The average Bonchev–Trinajstić information content (AvgIpc) is 2.46. The Kier molecular flexibility index (Phi) is 4.53. The van der Waals surface area contributed by atoms with Gasteiger partial charge in [-0.15, -0.1) is 0 Å². The van der Waals surface area contributed by atoms with Gasteiger partial charge in [0.15, 0.2) is 0 Å². The van der Waals surface area contributed by atoms with E-state index in [1.807, 2.05) is 13.0 Å². The van der Waals surface area contributed by atoms with Gasteiger partial charge in [0.25, 0.3) is 5.91 Å². The molecule has 1 aromatic heterocycles. The smallest absolute Gasteiger partial charge is 0.251 e. The monoisotopic (exact) mass is 261 g/mol. The lowest BCUT2D eigenvalue weighted by atomic mass is 9.74. The Morgan fingerprint density at radius 1 is 1.42 bits per heavy atom. The third-order valence-corrected chi connectivity index (χ3v) is 4.13. The van der Waals surface area contributed by atoms with E-state index in [0.29, 0.717) is 18.7 Å². The van der Waals surface area contributed by atoms with Crippen molar-refractivity contribution in [1.82, 2.24) is 10.3 Å². The zero-order valence-electron chi connectivity index (χ0n) is 11.6. The molecule has 0 bridgehead atoms. The molecule has 1 heterocycles. The number of nitrogens with zero attached hydrogens (tertiary/aromatic N) is 1. The van der Waals surface area contributed by atoms with Crippen molar-refractivity contribution in [3.8, 4) is 0 Å². The zero-order valence-corrected chi connectivity index (χ0v) is 11.6. The minimum Gasteiger partial charge on any atom is -0.351 e. The van der Waals surface area contributed by atoms with Crippen molar-refractivity contribution in [2.24, 2.45) is 11.1 Å². The summed E-state index contributed by atoms with van der Waals surface area (Å²) in [6, 6.07) is 3.56. The number of pyridine rings is 1. The Morgan fingerprint density at radius 3 is 2.79 bits per heavy atom. The molecule has 0 saturated heterocycles. The van der Waals surface area contributed by atoms with Gasteiger partial charge >= 0.3 is 0 Å². The highest BCUT2D eigenvalue weighted by Gasteiger charge is 2.30. The van der Waals surface area contributed by atoms with E-state index in [9.17, 15) is 4.79 Å². The van der Waals surface area contributed by atoms with E-state index in [0.717, 1.165) is 18.5 Å². The van der Waals surface area contributed by atoms with E-state index in [1.54, 1.807) is 12.3 Å². The number of carbonyl (C=O) groups is 1. The Hall–Kier alpha value is -1.42. The van der Waals surface area contributed by atoms with Crippen molar-refractivity contribution in [1.29, 1.82) is 0 Å². The van der Waals surface area contributed by atoms with Crippen molar-refractivity contribution in [3.63, 3.8) is 0 Å². The average molecular weight is 261 g/mol. The molecule has 1 saturated carbocycles. The quantitative estimate of drug-likeness (QED) is 0.871. The molecule has 0 aliphatic heterocycles. The maximum atomic E-state index is 12.1. The number of rotatable bonds is 4. The number of hydrogen-bond acceptors (Lipinski definition) is 3. The van der Waals surface area contributed by atoms with Crippen LogP contribution in [0, 0.1) is 12.3 Å². The Bertz CT molecular complexity index is 439. The fourth-order valence-corrected chi connectivity index (χ4v) is 2.81. The summed E-state index contributed by atoms with van der Waals surface area (Å²) >= 11 is 0. The molecule has 3 N–H and O–H groups in total. The highest BCUT2D eigenvalue weighted by Crippen LogP contribution is 2.34. The van der Waals surface area contributed by atoms with E-state index in [-0.39, 0.29) is 11.3 Å². The SMILES string of the molecule is Cc1cc(C(=O)NCC2(CN)CCCCC2)ccn1. The normalized spacial score (nSPS) is 18.0. The molecular weight excluding hydrogens is 238 g/mol. The van der Waals surface area contributed by atoms with Gasteiger partial charge in [-0.3, -0.25) is 9.78 Å². The van der Waals surface area contributed by atoms with Crippen LogP contribution in [0.15, 0.2) is 18.3 Å². The summed E-state index contributed by atoms with van der Waals surface area (Å²) in [5.41, 5.74) is 7.57. The minimum absolute atomic E-state index is 0.0242. The molecule has 0 aromatic carbocycles. The molecular formula is C15H23N3O. The highest BCUT2D eigenvalue weighted by molar-refractivity contribution is 5.94. The molecule has 2 rings (SSSR count). The van der Waals surface area contributed by atoms with Crippen LogP contribution in [0.5, 0.6) is 0 Å². The largest absolute Gasteiger partial charge is 0.351 e. The number of aryl methyl sites for hydroxylation is 1. The number of carbonyl (C=O) groups excluding carboxylic acids is 1. The van der Waals surface area contributed by atoms with Gasteiger partial charge in [-0.2, -0.15) is 0 Å². The molecule has 0 radical (unpaired) electrons. The number of aromatic nitrogens is 1. The molecule has 0 spiro atoms. The third kappa shape index (κ3) is 3.53. The van der Waals surface area contributed by atoms with Gasteiger partial charge in [-0.1, -0.05) is 19.3 Å². The summed E-state index contributed by atoms with van der Waals surface area (Å²) in [5.74, 6) is -0.0242. The van der Waals surface area contributed by atoms with Crippen LogP contribution in [0.3, 0.4) is 0 Å². The molecule has 1 amide bonds. The molecule has 4 nitrogen and oxygen atoms in total. The number of amides is 1. The molecule has 0 unspecified atom stereocenters. The first-order valence-electron chi connectivity index (χ1n) is 7.06. The highest BCUT2D eigenvalue weighted by atomic mass is 16.1. The molecule has 19 heavy (non-hydrogen) atoms. The first-order chi connectivity index (χ1) is 9.15. The Morgan fingerprint density at radius 2 is 2.16 bits per heavy atom. The van der Waals surface area contributed by atoms with Crippen LogP contribution in [0.25, 0.3) is 0 Å². The van der Waals surface area contributed by atoms with E-state index in [2.05, 4.69) is 10.3 Å². The molecule has 1 fully saturated rings. The van der Waals surface area contributed by atoms with Crippen molar-refractivity contribution in [3.05, 3.63) is 29.6 Å². The molecule has 1 aliphatic carbocycles. The van der Waals surface area contributed by atoms with Gasteiger partial charge in [0.05, 0.1) is 0 Å². The zero-order chi connectivity index (χ0) is 13.7. The van der Waals surface area contributed by atoms with E-state index < -0.39 is 0 Å². The van der Waals surface area contributed by atoms with Crippen LogP contribution in [-0.2, 0) is 0 Å². The van der Waals surface area contributed by atoms with Crippen molar-refractivity contribution in [2.45, 2.75) is 39.0 Å². The molecule has 1 aliphatic rings. The maximum Gasteiger partial charge on any atom is 0.251 e. The minimum atomic E-state index is -0.0242. The number of hydrogen-bond donors (Lipinski definition) is 2. The molecule has 104 valence electrons. The number of nitrogens with one attached hydrogen (secondary N) is 1.